The zero-order valence-corrected chi connectivity index (χ0v) is 47.4. The van der Waals surface area contributed by atoms with Crippen LogP contribution in [0, 0.1) is 36.5 Å². The predicted octanol–water partition coefficient (Wildman–Crippen LogP) is 5.24. The van der Waals surface area contributed by atoms with Gasteiger partial charge in [0.05, 0.1) is 48.3 Å². The maximum absolute atomic E-state index is 12.8. The van der Waals surface area contributed by atoms with Gasteiger partial charge in [0, 0.05) is 36.7 Å². The molecule has 2 saturated carbocycles. The Morgan fingerprint density at radius 2 is 1.05 bits per heavy atom. The second-order valence-corrected chi connectivity index (χ2v) is 22.9. The zero-order valence-electron chi connectivity index (χ0n) is 44.3. The van der Waals surface area contributed by atoms with Crippen molar-refractivity contribution in [3.8, 4) is 24.7 Å². The largest absolute Gasteiger partial charge is 0.479 e. The number of terminal acetylenes is 2. The summed E-state index contributed by atoms with van der Waals surface area (Å²) in [7, 11) is 0. The van der Waals surface area contributed by atoms with Crippen LogP contribution < -0.4 is 10.6 Å². The number of carboxylic acids is 2. The lowest BCUT2D eigenvalue weighted by atomic mass is 9.90. The molecule has 436 valence electrons. The third-order valence-electron chi connectivity index (χ3n) is 15.3. The van der Waals surface area contributed by atoms with Crippen molar-refractivity contribution in [1.82, 2.24) is 49.0 Å². The molecule has 12 rings (SSSR count). The maximum Gasteiger partial charge on any atom is 0.342 e. The summed E-state index contributed by atoms with van der Waals surface area (Å²) in [5.41, 5.74) is -2.26. The molecular weight excluding hydrogens is 1170 g/mol. The fraction of sp³-hybridized carbons (Fsp3) is 0.393. The molecule has 8 heterocycles. The number of aliphatic hydroxyl groups excluding tert-OH is 2. The van der Waals surface area contributed by atoms with Gasteiger partial charge in [-0.1, -0.05) is 72.5 Å². The number of aliphatic hydroxyl groups is 4. The Labute approximate surface area is 496 Å². The lowest BCUT2D eigenvalue weighted by Gasteiger charge is -2.32. The van der Waals surface area contributed by atoms with Crippen LogP contribution >= 0.6 is 45.9 Å². The van der Waals surface area contributed by atoms with Crippen LogP contribution in [0.2, 0.25) is 10.6 Å². The van der Waals surface area contributed by atoms with E-state index in [0.29, 0.717) is 58.7 Å². The molecule has 10 atom stereocenters. The Kier molecular flexibility index (Phi) is 16.7. The molecule has 2 saturated heterocycles. The first-order chi connectivity index (χ1) is 40.5. The average Bonchev–Trinajstić information content (AvgIpc) is 2.02. The Hall–Kier alpha value is -7.28. The van der Waals surface area contributed by atoms with Crippen molar-refractivity contribution in [2.75, 3.05) is 36.9 Å². The summed E-state index contributed by atoms with van der Waals surface area (Å²) in [6, 6.07) is 17.9. The zero-order chi connectivity index (χ0) is 59.0. The molecule has 24 nitrogen and oxygen atoms in total. The van der Waals surface area contributed by atoms with Gasteiger partial charge in [-0.05, 0) is 71.8 Å². The number of nitrogens with zero attached hydrogens (tertiary/aromatic N) is 10. The maximum atomic E-state index is 12.8. The van der Waals surface area contributed by atoms with E-state index >= 15 is 0 Å². The number of rotatable bonds is 22. The molecule has 2 aromatic carbocycles. The lowest BCUT2D eigenvalue weighted by molar-refractivity contribution is -0.179. The molecule has 2 aliphatic heterocycles. The summed E-state index contributed by atoms with van der Waals surface area (Å²) in [4.78, 5) is 59.9. The van der Waals surface area contributed by atoms with Crippen LogP contribution in [0.15, 0.2) is 95.1 Å². The number of carbonyl (C=O) groups is 2. The molecule has 0 amide bonds. The Morgan fingerprint density at radius 1 is 0.655 bits per heavy atom. The molecule has 6 aromatic heterocycles. The van der Waals surface area contributed by atoms with Crippen molar-refractivity contribution in [2.45, 2.75) is 97.8 Å². The smallest absolute Gasteiger partial charge is 0.342 e. The third kappa shape index (κ3) is 11.4. The van der Waals surface area contributed by atoms with E-state index in [0.717, 1.165) is 25.7 Å². The number of ether oxygens (including phenoxy) is 4. The number of halogens is 2. The van der Waals surface area contributed by atoms with E-state index in [2.05, 4.69) is 62.3 Å². The van der Waals surface area contributed by atoms with Crippen molar-refractivity contribution in [3.63, 3.8) is 0 Å². The molecule has 84 heavy (non-hydrogen) atoms. The summed E-state index contributed by atoms with van der Waals surface area (Å²) in [5.74, 6) is 3.88. The van der Waals surface area contributed by atoms with Gasteiger partial charge in [-0.3, -0.25) is 9.13 Å². The van der Waals surface area contributed by atoms with Crippen molar-refractivity contribution in [2.24, 2.45) is 11.8 Å². The molecule has 0 spiro atoms. The van der Waals surface area contributed by atoms with Crippen LogP contribution in [0.25, 0.3) is 22.3 Å². The normalized spacial score (nSPS) is 25.2. The summed E-state index contributed by atoms with van der Waals surface area (Å²) in [6.45, 7) is 0.450. The molecule has 8 aromatic rings. The van der Waals surface area contributed by atoms with E-state index in [1.165, 1.54) is 55.5 Å². The van der Waals surface area contributed by atoms with Gasteiger partial charge in [0.15, 0.2) is 57.6 Å². The number of benzene rings is 2. The molecule has 4 aliphatic rings. The summed E-state index contributed by atoms with van der Waals surface area (Å²) < 4.78 is 27.2. The van der Waals surface area contributed by atoms with Crippen LogP contribution in [-0.2, 0) is 52.6 Å². The first kappa shape index (κ1) is 58.5. The van der Waals surface area contributed by atoms with Crippen LogP contribution in [0.5, 0.6) is 0 Å². The van der Waals surface area contributed by atoms with Crippen LogP contribution in [0.3, 0.4) is 0 Å². The van der Waals surface area contributed by atoms with Gasteiger partial charge >= 0.3 is 11.9 Å². The highest BCUT2D eigenvalue weighted by Crippen LogP contribution is 2.43. The fourth-order valence-corrected chi connectivity index (χ4v) is 11.7. The number of nitrogens with one attached hydrogen (secondary N) is 2. The minimum Gasteiger partial charge on any atom is -0.479 e. The van der Waals surface area contributed by atoms with Crippen LogP contribution in [0.1, 0.15) is 60.7 Å². The number of aromatic nitrogens is 10. The van der Waals surface area contributed by atoms with E-state index in [9.17, 15) is 40.2 Å². The lowest BCUT2D eigenvalue weighted by Crippen LogP contribution is -2.50. The molecule has 2 aliphatic carbocycles. The molecule has 0 bridgehead atoms. The molecule has 8 N–H and O–H groups in total. The van der Waals surface area contributed by atoms with Crippen LogP contribution in [0.4, 0.5) is 11.6 Å². The van der Waals surface area contributed by atoms with Gasteiger partial charge in [-0.15, -0.1) is 35.5 Å². The van der Waals surface area contributed by atoms with Gasteiger partial charge in [0.1, 0.15) is 24.4 Å². The SMILES string of the molecule is C#C[C@@]1(O)[C@@H](CO[C@@](Cc2ccccc2)(C(=O)O)c2cscn2)O[C@@H](n2cnc3c(NCC4CC4)nc(Cl)nc32)[C@@H]1O.C#C[C@@]1(O)[C@@H](CO[C@](Cc2ccccc2)(C(=O)O)c2cscn2)O[C@@H](n2cnc3c(NCC4CC4)nc(Cl)nc32)[C@@H]1O. The van der Waals surface area contributed by atoms with Crippen molar-refractivity contribution in [1.29, 1.82) is 0 Å². The molecule has 0 radical (unpaired) electrons. The number of aliphatic carboxylic acids is 2. The summed E-state index contributed by atoms with van der Waals surface area (Å²) >= 11 is 14.9. The van der Waals surface area contributed by atoms with E-state index in [1.54, 1.807) is 59.3 Å². The molecule has 4 fully saturated rings. The minimum atomic E-state index is -2.25. The standard InChI is InChI=1S/2C28H27ClN6O6S/c2*1-2-27(39)19(12-40-28(25(37)38,18-13-42-15-32-18)10-16-6-4-3-5-7-16)41-24(21(27)36)35-14-31-20-22(30-11-17-8-9-17)33-26(29)34-23(20)35/h2*1,3-7,13-15,17,19,21,24,36,39H,8-12H2,(H,37,38)(H,30,33,34)/t19-,21+,24-,27-,28+;19-,21+,24-,27-,28-/m11/s1. The van der Waals surface area contributed by atoms with Crippen LogP contribution in [-0.4, -0.2) is 154 Å². The Balaban J connectivity index is 0.000000175. The first-order valence-corrected chi connectivity index (χ1v) is 29.1. The predicted molar refractivity (Wildman–Crippen MR) is 306 cm³/mol. The second kappa shape index (κ2) is 24.0. The van der Waals surface area contributed by atoms with E-state index in [4.69, 9.17) is 55.0 Å². The number of carboxylic acid groups (broad SMARTS) is 2. The number of thiazole rings is 2. The topological polar surface area (TPSA) is 329 Å². The van der Waals surface area contributed by atoms with Gasteiger partial charge in [-0.25, -0.2) is 29.5 Å². The van der Waals surface area contributed by atoms with E-state index in [-0.39, 0.29) is 46.1 Å². The monoisotopic (exact) mass is 1220 g/mol. The summed E-state index contributed by atoms with van der Waals surface area (Å²) in [5, 5.41) is 75.8. The highest BCUT2D eigenvalue weighted by atomic mass is 35.5. The van der Waals surface area contributed by atoms with E-state index < -0.39 is 84.4 Å². The molecule has 28 heteroatoms. The third-order valence-corrected chi connectivity index (χ3v) is 16.8. The van der Waals surface area contributed by atoms with Gasteiger partial charge in [-0.2, -0.15) is 19.9 Å². The average molecular weight is 1220 g/mol. The Morgan fingerprint density at radius 3 is 1.38 bits per heavy atom. The quantitative estimate of drug-likeness (QED) is 0.0318. The van der Waals surface area contributed by atoms with E-state index in [1.807, 2.05) is 12.1 Å². The number of hydrogen-bond donors (Lipinski definition) is 8. The Bertz CT molecular complexity index is 3500. The minimum absolute atomic E-state index is 0.0439. The highest BCUT2D eigenvalue weighted by molar-refractivity contribution is 7.07. The number of hydrogen-bond acceptors (Lipinski definition) is 22. The second-order valence-electron chi connectivity index (χ2n) is 20.8. The first-order valence-electron chi connectivity index (χ1n) is 26.4. The fourth-order valence-electron chi connectivity index (χ4n) is 10.1. The van der Waals surface area contributed by atoms with Crippen molar-refractivity contribution >= 4 is 91.8 Å². The number of anilines is 2. The molecular formula is C56H54Cl2N12O12S2. The van der Waals surface area contributed by atoms with Crippen molar-refractivity contribution in [3.05, 3.63) is 128 Å². The van der Waals surface area contributed by atoms with Gasteiger partial charge in [0.25, 0.3) is 0 Å². The summed E-state index contributed by atoms with van der Waals surface area (Å²) in [6.07, 6.45) is 10.1. The number of imidazole rings is 2. The highest BCUT2D eigenvalue weighted by Gasteiger charge is 2.59. The van der Waals surface area contributed by atoms with Gasteiger partial charge in [0.2, 0.25) is 21.8 Å². The van der Waals surface area contributed by atoms with Gasteiger partial charge < -0.3 is 60.2 Å². The number of fused-ring (bicyclic) bond motifs is 2. The van der Waals surface area contributed by atoms with Crippen molar-refractivity contribution < 1.29 is 59.2 Å². The molecule has 0 unspecified atom stereocenters.